The summed E-state index contributed by atoms with van der Waals surface area (Å²) in [5.41, 5.74) is 1.14. The standard InChI is InChI=1S/C30H35FN2O3/c31-27-19-23(9-11-25(27)20-7-8-22(17-20)32-14-2-1-3-15-32)33-16-13-21-18-24(10-12-26(21)30(33)35)36-29-6-4-5-28(29)34/h9-13,16,18-20,22,28-29,34H,1-8,14-15,17H2/t20?,22-,28?,29?/m1/s1. The molecule has 2 heterocycles. The molecule has 3 fully saturated rings. The molecule has 0 bridgehead atoms. The fourth-order valence-electron chi connectivity index (χ4n) is 6.57. The van der Waals surface area contributed by atoms with Gasteiger partial charge in [-0.1, -0.05) is 12.5 Å². The lowest BCUT2D eigenvalue weighted by Gasteiger charge is -2.32. The summed E-state index contributed by atoms with van der Waals surface area (Å²) < 4.78 is 22.8. The van der Waals surface area contributed by atoms with Gasteiger partial charge in [-0.15, -0.1) is 0 Å². The summed E-state index contributed by atoms with van der Waals surface area (Å²) in [4.78, 5) is 15.9. The minimum atomic E-state index is -0.438. The molecular weight excluding hydrogens is 455 g/mol. The zero-order chi connectivity index (χ0) is 24.6. The smallest absolute Gasteiger partial charge is 0.262 e. The van der Waals surface area contributed by atoms with E-state index in [0.717, 1.165) is 49.5 Å². The van der Waals surface area contributed by atoms with Crippen molar-refractivity contribution < 1.29 is 14.2 Å². The fourth-order valence-corrected chi connectivity index (χ4v) is 6.57. The lowest BCUT2D eigenvalue weighted by molar-refractivity contribution is 0.0605. The molecule has 6 rings (SSSR count). The number of hydrogen-bond acceptors (Lipinski definition) is 4. The van der Waals surface area contributed by atoms with Crippen LogP contribution in [0.5, 0.6) is 5.75 Å². The molecule has 4 atom stereocenters. The predicted octanol–water partition coefficient (Wildman–Crippen LogP) is 5.54. The highest BCUT2D eigenvalue weighted by atomic mass is 19.1. The van der Waals surface area contributed by atoms with Crippen LogP contribution in [-0.2, 0) is 0 Å². The predicted molar refractivity (Wildman–Crippen MR) is 140 cm³/mol. The zero-order valence-electron chi connectivity index (χ0n) is 20.7. The molecule has 36 heavy (non-hydrogen) atoms. The van der Waals surface area contributed by atoms with E-state index in [2.05, 4.69) is 4.90 Å². The molecule has 3 aromatic rings. The fraction of sp³-hybridized carbons (Fsp3) is 0.500. The van der Waals surface area contributed by atoms with Gasteiger partial charge in [0.05, 0.1) is 11.8 Å². The van der Waals surface area contributed by atoms with Gasteiger partial charge < -0.3 is 14.7 Å². The van der Waals surface area contributed by atoms with Crippen LogP contribution in [0.3, 0.4) is 0 Å². The van der Waals surface area contributed by atoms with Crippen LogP contribution in [0.1, 0.15) is 69.3 Å². The van der Waals surface area contributed by atoms with Crippen molar-refractivity contribution in [2.24, 2.45) is 0 Å². The van der Waals surface area contributed by atoms with Crippen molar-refractivity contribution in [2.75, 3.05) is 13.1 Å². The summed E-state index contributed by atoms with van der Waals surface area (Å²) in [7, 11) is 0. The molecule has 190 valence electrons. The number of pyridine rings is 1. The Morgan fingerprint density at radius 1 is 0.917 bits per heavy atom. The first-order chi connectivity index (χ1) is 17.6. The maximum atomic E-state index is 15.3. The Morgan fingerprint density at radius 3 is 2.56 bits per heavy atom. The lowest BCUT2D eigenvalue weighted by Crippen LogP contribution is -2.37. The van der Waals surface area contributed by atoms with E-state index in [0.29, 0.717) is 22.9 Å². The SMILES string of the molecule is O=c1c2ccc(OC3CCCC3O)cc2ccn1-c1ccc(C2CC[C@@H](N3CCCCC3)C2)c(F)c1. The van der Waals surface area contributed by atoms with E-state index in [1.807, 2.05) is 24.3 Å². The van der Waals surface area contributed by atoms with Crippen molar-refractivity contribution in [2.45, 2.75) is 82.0 Å². The Bertz CT molecular complexity index is 1300. The average molecular weight is 491 g/mol. The van der Waals surface area contributed by atoms with Crippen LogP contribution >= 0.6 is 0 Å². The van der Waals surface area contributed by atoms with Gasteiger partial charge in [-0.3, -0.25) is 9.36 Å². The van der Waals surface area contributed by atoms with Crippen LogP contribution < -0.4 is 10.3 Å². The van der Waals surface area contributed by atoms with E-state index >= 15 is 4.39 Å². The van der Waals surface area contributed by atoms with Crippen molar-refractivity contribution in [3.63, 3.8) is 0 Å². The van der Waals surface area contributed by atoms with E-state index in [1.165, 1.54) is 43.0 Å². The van der Waals surface area contributed by atoms with Gasteiger partial charge >= 0.3 is 0 Å². The monoisotopic (exact) mass is 490 g/mol. The first kappa shape index (κ1) is 23.7. The number of nitrogens with zero attached hydrogens (tertiary/aromatic N) is 2. The lowest BCUT2D eigenvalue weighted by atomic mass is 9.96. The Labute approximate surface area is 211 Å². The number of halogens is 1. The van der Waals surface area contributed by atoms with Crippen molar-refractivity contribution in [3.8, 4) is 11.4 Å². The van der Waals surface area contributed by atoms with Gasteiger partial charge in [0.25, 0.3) is 5.56 Å². The number of ether oxygens (including phenoxy) is 1. The van der Waals surface area contributed by atoms with Crippen molar-refractivity contribution in [1.82, 2.24) is 9.47 Å². The maximum absolute atomic E-state index is 15.3. The summed E-state index contributed by atoms with van der Waals surface area (Å²) in [6, 6.07) is 13.1. The van der Waals surface area contributed by atoms with Crippen LogP contribution in [0.2, 0.25) is 0 Å². The topological polar surface area (TPSA) is 54.7 Å². The van der Waals surface area contributed by atoms with E-state index in [-0.39, 0.29) is 23.4 Å². The molecule has 2 aliphatic carbocycles. The van der Waals surface area contributed by atoms with E-state index in [1.54, 1.807) is 18.3 Å². The highest BCUT2D eigenvalue weighted by Gasteiger charge is 2.32. The van der Waals surface area contributed by atoms with Gasteiger partial charge in [0, 0.05) is 17.6 Å². The number of likely N-dealkylation sites (tertiary alicyclic amines) is 1. The minimum absolute atomic E-state index is 0.182. The number of aliphatic hydroxyl groups is 1. The number of aliphatic hydroxyl groups excluding tert-OH is 1. The first-order valence-electron chi connectivity index (χ1n) is 13.6. The summed E-state index contributed by atoms with van der Waals surface area (Å²) in [6.45, 7) is 2.36. The third kappa shape index (κ3) is 4.57. The highest BCUT2D eigenvalue weighted by Crippen LogP contribution is 2.39. The van der Waals surface area contributed by atoms with Gasteiger partial charge in [0.1, 0.15) is 17.7 Å². The third-order valence-electron chi connectivity index (χ3n) is 8.59. The summed E-state index contributed by atoms with van der Waals surface area (Å²) >= 11 is 0. The van der Waals surface area contributed by atoms with Crippen LogP contribution in [0.15, 0.2) is 53.5 Å². The summed E-state index contributed by atoms with van der Waals surface area (Å²) in [5.74, 6) is 0.680. The molecule has 0 spiro atoms. The molecular formula is C30H35FN2O3. The molecule has 1 saturated heterocycles. The first-order valence-corrected chi connectivity index (χ1v) is 13.6. The maximum Gasteiger partial charge on any atom is 0.262 e. The Morgan fingerprint density at radius 2 is 1.78 bits per heavy atom. The van der Waals surface area contributed by atoms with Crippen LogP contribution in [0, 0.1) is 5.82 Å². The Balaban J connectivity index is 1.21. The van der Waals surface area contributed by atoms with Gasteiger partial charge in [0.2, 0.25) is 0 Å². The van der Waals surface area contributed by atoms with E-state index in [9.17, 15) is 9.90 Å². The molecule has 1 aliphatic heterocycles. The average Bonchev–Trinajstić information content (AvgIpc) is 3.54. The van der Waals surface area contributed by atoms with Crippen molar-refractivity contribution >= 4 is 10.8 Å². The normalized spacial score (nSPS) is 27.1. The molecule has 2 saturated carbocycles. The molecule has 0 amide bonds. The van der Waals surface area contributed by atoms with Gasteiger partial charge in [-0.05, 0) is 118 Å². The van der Waals surface area contributed by atoms with Gasteiger partial charge in [-0.25, -0.2) is 4.39 Å². The quantitative estimate of drug-likeness (QED) is 0.510. The number of rotatable bonds is 5. The number of piperidine rings is 1. The van der Waals surface area contributed by atoms with Crippen LogP contribution in [-0.4, -0.2) is 45.9 Å². The second kappa shape index (κ2) is 9.98. The van der Waals surface area contributed by atoms with Gasteiger partial charge in [-0.2, -0.15) is 0 Å². The number of aromatic nitrogens is 1. The largest absolute Gasteiger partial charge is 0.488 e. The second-order valence-corrected chi connectivity index (χ2v) is 10.9. The number of hydrogen-bond donors (Lipinski definition) is 1. The molecule has 3 unspecified atom stereocenters. The second-order valence-electron chi connectivity index (χ2n) is 10.9. The molecule has 1 aromatic heterocycles. The molecule has 5 nitrogen and oxygen atoms in total. The molecule has 0 radical (unpaired) electrons. The zero-order valence-corrected chi connectivity index (χ0v) is 20.7. The number of benzene rings is 2. The van der Waals surface area contributed by atoms with Crippen molar-refractivity contribution in [1.29, 1.82) is 0 Å². The van der Waals surface area contributed by atoms with E-state index in [4.69, 9.17) is 4.74 Å². The molecule has 3 aliphatic rings. The minimum Gasteiger partial charge on any atom is -0.488 e. The van der Waals surface area contributed by atoms with Gasteiger partial charge in [0.15, 0.2) is 0 Å². The van der Waals surface area contributed by atoms with Crippen LogP contribution in [0.25, 0.3) is 16.5 Å². The Hall–Kier alpha value is -2.70. The number of fused-ring (bicyclic) bond motifs is 1. The molecule has 2 aromatic carbocycles. The summed E-state index contributed by atoms with van der Waals surface area (Å²) in [6.07, 6.45) is 10.7. The highest BCUT2D eigenvalue weighted by molar-refractivity contribution is 5.83. The molecule has 6 heteroatoms. The van der Waals surface area contributed by atoms with Crippen molar-refractivity contribution in [3.05, 3.63) is 70.4 Å². The van der Waals surface area contributed by atoms with E-state index < -0.39 is 6.10 Å². The Kier molecular flexibility index (Phi) is 6.57. The van der Waals surface area contributed by atoms with Crippen LogP contribution in [0.4, 0.5) is 4.39 Å². The molecule has 1 N–H and O–H groups in total. The third-order valence-corrected chi connectivity index (χ3v) is 8.59. The summed E-state index contributed by atoms with van der Waals surface area (Å²) in [5, 5.41) is 11.4.